The first-order chi connectivity index (χ1) is 23.8. The van der Waals surface area contributed by atoms with Crippen LogP contribution in [0.1, 0.15) is 0 Å². The summed E-state index contributed by atoms with van der Waals surface area (Å²) in [4.78, 5) is 9.73. The van der Waals surface area contributed by atoms with E-state index < -0.39 is 0 Å². The van der Waals surface area contributed by atoms with Crippen molar-refractivity contribution in [3.63, 3.8) is 0 Å². The van der Waals surface area contributed by atoms with E-state index in [9.17, 15) is 0 Å². The number of pyridine rings is 2. The third kappa shape index (κ3) is 3.43. The lowest BCUT2D eigenvalue weighted by atomic mass is 9.96. The van der Waals surface area contributed by atoms with E-state index in [2.05, 4.69) is 160 Å². The lowest BCUT2D eigenvalue weighted by Crippen LogP contribution is -1.93. The van der Waals surface area contributed by atoms with E-state index in [1.54, 1.807) is 0 Å². The normalized spacial score (nSPS) is 12.2. The van der Waals surface area contributed by atoms with Gasteiger partial charge >= 0.3 is 0 Å². The highest BCUT2D eigenvalue weighted by Gasteiger charge is 2.20. The zero-order valence-electron chi connectivity index (χ0n) is 25.8. The van der Waals surface area contributed by atoms with Crippen molar-refractivity contribution < 1.29 is 0 Å². The Morgan fingerprint density at radius 1 is 0.417 bits per heavy atom. The van der Waals surface area contributed by atoms with Gasteiger partial charge in [0.15, 0.2) is 0 Å². The summed E-state index contributed by atoms with van der Waals surface area (Å²) < 4.78 is 4.76. The number of fused-ring (bicyclic) bond motifs is 10. The van der Waals surface area contributed by atoms with E-state index in [1.165, 1.54) is 65.5 Å². The summed E-state index contributed by atoms with van der Waals surface area (Å²) >= 11 is 0. The Hall–Kier alpha value is -6.52. The molecule has 48 heavy (non-hydrogen) atoms. The van der Waals surface area contributed by atoms with Crippen LogP contribution < -0.4 is 0 Å². The number of hydrogen-bond acceptors (Lipinski definition) is 2. The third-order valence-electron chi connectivity index (χ3n) is 10.1. The summed E-state index contributed by atoms with van der Waals surface area (Å²) in [5.74, 6) is 0. The Kier molecular flexibility index (Phi) is 5.08. The summed E-state index contributed by atoms with van der Waals surface area (Å²) in [5, 5.41) is 8.60. The molecule has 0 aliphatic carbocycles. The standard InChI is InChI=1S/C44H26N4/c1-2-10-29(11-3-1)47-40-16-8-5-13-32(40)35-25-39(46-26-43(35)47)27-18-19-42-34(22-27)37-24-28(30-20-21-45-38-15-7-4-12-31(30)38)23-36-33-14-6-9-17-41(33)48(42)44(36)37/h1-26H. The van der Waals surface area contributed by atoms with E-state index in [-0.39, 0.29) is 0 Å². The van der Waals surface area contributed by atoms with Gasteiger partial charge in [-0.3, -0.25) is 9.97 Å². The fourth-order valence-corrected chi connectivity index (χ4v) is 8.04. The number of aromatic nitrogens is 4. The van der Waals surface area contributed by atoms with Crippen LogP contribution in [0.15, 0.2) is 158 Å². The monoisotopic (exact) mass is 610 g/mol. The molecule has 6 aromatic carbocycles. The highest BCUT2D eigenvalue weighted by Crippen LogP contribution is 2.43. The van der Waals surface area contributed by atoms with Crippen LogP contribution in [0, 0.1) is 0 Å². The Morgan fingerprint density at radius 3 is 1.92 bits per heavy atom. The van der Waals surface area contributed by atoms with E-state index in [4.69, 9.17) is 4.98 Å². The summed E-state index contributed by atoms with van der Waals surface area (Å²) in [6, 6.07) is 52.4. The molecule has 0 unspecified atom stereocenters. The molecule has 11 aromatic rings. The second kappa shape index (κ2) is 9.50. The second-order valence-electron chi connectivity index (χ2n) is 12.7. The van der Waals surface area contributed by atoms with Gasteiger partial charge in [-0.2, -0.15) is 0 Å². The Bertz CT molecular complexity index is 3050. The van der Waals surface area contributed by atoms with Crippen LogP contribution in [-0.4, -0.2) is 18.9 Å². The predicted octanol–water partition coefficient (Wildman–Crippen LogP) is 11.2. The average molecular weight is 611 g/mol. The van der Waals surface area contributed by atoms with Crippen LogP contribution in [0.25, 0.3) is 98.9 Å². The minimum Gasteiger partial charge on any atom is -0.308 e. The van der Waals surface area contributed by atoms with Crippen LogP contribution >= 0.6 is 0 Å². The highest BCUT2D eigenvalue weighted by atomic mass is 15.0. The minimum absolute atomic E-state index is 0.968. The number of nitrogens with zero attached hydrogens (tertiary/aromatic N) is 4. The first-order valence-corrected chi connectivity index (χ1v) is 16.3. The second-order valence-corrected chi connectivity index (χ2v) is 12.7. The van der Waals surface area contributed by atoms with Gasteiger partial charge < -0.3 is 8.97 Å². The van der Waals surface area contributed by atoms with Crippen LogP contribution in [0.4, 0.5) is 0 Å². The van der Waals surface area contributed by atoms with Gasteiger partial charge in [0.2, 0.25) is 0 Å². The number of benzene rings is 6. The number of rotatable bonds is 3. The third-order valence-corrected chi connectivity index (χ3v) is 10.1. The number of hydrogen-bond donors (Lipinski definition) is 0. The molecule has 0 atom stereocenters. The Labute approximate surface area is 275 Å². The summed E-state index contributed by atoms with van der Waals surface area (Å²) in [5.41, 5.74) is 12.6. The molecular formula is C44H26N4. The van der Waals surface area contributed by atoms with Crippen molar-refractivity contribution in [3.8, 4) is 28.1 Å². The van der Waals surface area contributed by atoms with Crippen molar-refractivity contribution in [2.24, 2.45) is 0 Å². The van der Waals surface area contributed by atoms with Gasteiger partial charge in [-0.05, 0) is 77.9 Å². The zero-order valence-corrected chi connectivity index (χ0v) is 25.8. The molecule has 0 saturated heterocycles. The quantitative estimate of drug-likeness (QED) is 0.199. The first-order valence-electron chi connectivity index (χ1n) is 16.3. The molecule has 4 nitrogen and oxygen atoms in total. The number of para-hydroxylation sites is 4. The van der Waals surface area contributed by atoms with Crippen molar-refractivity contribution in [2.45, 2.75) is 0 Å². The van der Waals surface area contributed by atoms with Crippen LogP contribution in [0.3, 0.4) is 0 Å². The van der Waals surface area contributed by atoms with Crippen molar-refractivity contribution in [3.05, 3.63) is 158 Å². The SMILES string of the molecule is c1ccc(-n2c3ccccc3c3cc(-c4ccc5c(c4)c4cc(-c6ccnc7ccccc67)cc6c7ccccc7n5c64)ncc32)cc1. The summed E-state index contributed by atoms with van der Waals surface area (Å²) in [7, 11) is 0. The van der Waals surface area contributed by atoms with Gasteiger partial charge in [-0.1, -0.05) is 78.9 Å². The maximum absolute atomic E-state index is 5.08. The molecule has 0 spiro atoms. The lowest BCUT2D eigenvalue weighted by molar-refractivity contribution is 1.17. The fourth-order valence-electron chi connectivity index (χ4n) is 8.04. The molecule has 0 fully saturated rings. The van der Waals surface area contributed by atoms with Gasteiger partial charge in [0, 0.05) is 55.2 Å². The minimum atomic E-state index is 0.968. The molecular weight excluding hydrogens is 585 g/mol. The van der Waals surface area contributed by atoms with E-state index >= 15 is 0 Å². The van der Waals surface area contributed by atoms with Gasteiger partial charge in [0.25, 0.3) is 0 Å². The molecule has 0 radical (unpaired) electrons. The molecule has 4 heteroatoms. The average Bonchev–Trinajstić information content (AvgIpc) is 3.79. The van der Waals surface area contributed by atoms with Gasteiger partial charge in [0.1, 0.15) is 0 Å². The van der Waals surface area contributed by atoms with Crippen molar-refractivity contribution in [1.82, 2.24) is 18.9 Å². The summed E-state index contributed by atoms with van der Waals surface area (Å²) in [6.45, 7) is 0. The molecule has 0 saturated carbocycles. The van der Waals surface area contributed by atoms with Crippen molar-refractivity contribution in [2.75, 3.05) is 0 Å². The fraction of sp³-hybridized carbons (Fsp3) is 0. The summed E-state index contributed by atoms with van der Waals surface area (Å²) in [6.07, 6.45) is 3.96. The molecule has 5 heterocycles. The predicted molar refractivity (Wildman–Crippen MR) is 199 cm³/mol. The maximum atomic E-state index is 5.08. The molecule has 5 aromatic heterocycles. The lowest BCUT2D eigenvalue weighted by Gasteiger charge is -2.08. The molecule has 0 aliphatic heterocycles. The molecule has 0 amide bonds. The van der Waals surface area contributed by atoms with Gasteiger partial charge in [0.05, 0.1) is 45.0 Å². The molecule has 0 N–H and O–H groups in total. The Morgan fingerprint density at radius 2 is 1.06 bits per heavy atom. The van der Waals surface area contributed by atoms with Crippen LogP contribution in [0.5, 0.6) is 0 Å². The largest absolute Gasteiger partial charge is 0.308 e. The highest BCUT2D eigenvalue weighted by molar-refractivity contribution is 6.25. The van der Waals surface area contributed by atoms with E-state index in [1.807, 2.05) is 12.4 Å². The van der Waals surface area contributed by atoms with Crippen molar-refractivity contribution >= 4 is 70.8 Å². The first kappa shape index (κ1) is 25.6. The molecule has 11 rings (SSSR count). The maximum Gasteiger partial charge on any atom is 0.0724 e. The van der Waals surface area contributed by atoms with Crippen LogP contribution in [-0.2, 0) is 0 Å². The smallest absolute Gasteiger partial charge is 0.0724 e. The van der Waals surface area contributed by atoms with Crippen molar-refractivity contribution in [1.29, 1.82) is 0 Å². The molecule has 0 aliphatic rings. The molecule has 0 bridgehead atoms. The van der Waals surface area contributed by atoms with Gasteiger partial charge in [-0.25, -0.2) is 0 Å². The Balaban J connectivity index is 1.18. The van der Waals surface area contributed by atoms with E-state index in [0.717, 1.165) is 33.4 Å². The van der Waals surface area contributed by atoms with Crippen LogP contribution in [0.2, 0.25) is 0 Å². The van der Waals surface area contributed by atoms with Gasteiger partial charge in [-0.15, -0.1) is 0 Å². The topological polar surface area (TPSA) is 35.1 Å². The molecule has 222 valence electrons. The zero-order chi connectivity index (χ0) is 31.3. The van der Waals surface area contributed by atoms with E-state index in [0.29, 0.717) is 0 Å².